The predicted octanol–water partition coefficient (Wildman–Crippen LogP) is 3.24. The molecule has 0 amide bonds. The van der Waals surface area contributed by atoms with Gasteiger partial charge in [0.25, 0.3) is 0 Å². The molecule has 0 N–H and O–H groups in total. The van der Waals surface area contributed by atoms with E-state index >= 15 is 0 Å². The number of benzene rings is 1. The number of para-hydroxylation sites is 2. The Morgan fingerprint density at radius 2 is 2.20 bits per heavy atom. The first-order valence-electron chi connectivity index (χ1n) is 4.87. The van der Waals surface area contributed by atoms with Crippen molar-refractivity contribution in [1.29, 1.82) is 0 Å². The maximum atomic E-state index is 4.57. The molecule has 78 valence electrons. The molecule has 0 spiro atoms. The molecule has 3 heteroatoms. The Morgan fingerprint density at radius 3 is 2.87 bits per heavy atom. The second-order valence-corrected chi connectivity index (χ2v) is 4.63. The first-order chi connectivity index (χ1) is 7.18. The minimum absolute atomic E-state index is 0.928. The largest absolute Gasteiger partial charge is 0.322 e. The number of rotatable bonds is 3. The second-order valence-electron chi connectivity index (χ2n) is 3.69. The van der Waals surface area contributed by atoms with Gasteiger partial charge in [-0.25, -0.2) is 4.98 Å². The van der Waals surface area contributed by atoms with Crippen LogP contribution < -0.4 is 0 Å². The van der Waals surface area contributed by atoms with Gasteiger partial charge in [0.2, 0.25) is 0 Å². The van der Waals surface area contributed by atoms with Crippen molar-refractivity contribution in [1.82, 2.24) is 9.55 Å². The Hall–Kier alpha value is -1.22. The Kier molecular flexibility index (Phi) is 2.82. The van der Waals surface area contributed by atoms with Gasteiger partial charge < -0.3 is 4.57 Å². The topological polar surface area (TPSA) is 17.8 Å². The molecule has 0 unspecified atom stereocenters. The van der Waals surface area contributed by atoms with Crippen LogP contribution in [0.5, 0.6) is 0 Å². The third kappa shape index (κ3) is 2.07. The molecular weight excluding hydrogens is 204 g/mol. The fourth-order valence-electron chi connectivity index (χ4n) is 1.44. The number of aryl methyl sites for hydroxylation is 1. The molecule has 0 saturated carbocycles. The van der Waals surface area contributed by atoms with Crippen molar-refractivity contribution in [2.24, 2.45) is 7.05 Å². The summed E-state index contributed by atoms with van der Waals surface area (Å²) in [4.78, 5) is 4.57. The average Bonchev–Trinajstić information content (AvgIpc) is 2.54. The van der Waals surface area contributed by atoms with E-state index < -0.39 is 0 Å². The molecule has 15 heavy (non-hydrogen) atoms. The predicted molar refractivity (Wildman–Crippen MR) is 66.3 cm³/mol. The van der Waals surface area contributed by atoms with Gasteiger partial charge in [-0.05, 0) is 19.1 Å². The summed E-state index contributed by atoms with van der Waals surface area (Å²) in [5.41, 5.74) is 3.41. The van der Waals surface area contributed by atoms with E-state index in [0.717, 1.165) is 16.4 Å². The third-order valence-electron chi connectivity index (χ3n) is 2.19. The zero-order valence-corrected chi connectivity index (χ0v) is 9.84. The molecule has 1 aromatic carbocycles. The normalized spacial score (nSPS) is 10.8. The average molecular weight is 218 g/mol. The lowest BCUT2D eigenvalue weighted by molar-refractivity contribution is 0.816. The molecular formula is C12H14N2S. The Labute approximate surface area is 94.0 Å². The monoisotopic (exact) mass is 218 g/mol. The number of fused-ring (bicyclic) bond motifs is 1. The molecule has 0 aliphatic heterocycles. The molecule has 2 rings (SSSR count). The van der Waals surface area contributed by atoms with Gasteiger partial charge in [0.05, 0.1) is 11.0 Å². The van der Waals surface area contributed by atoms with Crippen LogP contribution in [0.3, 0.4) is 0 Å². The molecule has 1 aromatic heterocycles. The molecule has 1 heterocycles. The maximum Gasteiger partial charge on any atom is 0.169 e. The second kappa shape index (κ2) is 4.11. The Bertz CT molecular complexity index is 499. The number of aromatic nitrogens is 2. The molecule has 2 aromatic rings. The number of thioether (sulfide) groups is 1. The van der Waals surface area contributed by atoms with E-state index in [9.17, 15) is 0 Å². The SMILES string of the molecule is C=C(C)CSc1nc2ccccc2n1C. The van der Waals surface area contributed by atoms with Crippen molar-refractivity contribution < 1.29 is 0 Å². The van der Waals surface area contributed by atoms with Gasteiger partial charge in [-0.15, -0.1) is 0 Å². The maximum absolute atomic E-state index is 4.57. The third-order valence-corrected chi connectivity index (χ3v) is 3.45. The summed E-state index contributed by atoms with van der Waals surface area (Å²) in [5.74, 6) is 0.928. The van der Waals surface area contributed by atoms with Gasteiger partial charge in [0, 0.05) is 12.8 Å². The van der Waals surface area contributed by atoms with Crippen molar-refractivity contribution in [2.45, 2.75) is 12.1 Å². The van der Waals surface area contributed by atoms with Crippen LogP contribution in [0.15, 0.2) is 41.6 Å². The van der Waals surface area contributed by atoms with Crippen molar-refractivity contribution in [3.05, 3.63) is 36.4 Å². The van der Waals surface area contributed by atoms with Crippen LogP contribution in [0.4, 0.5) is 0 Å². The molecule has 0 aliphatic carbocycles. The van der Waals surface area contributed by atoms with Crippen molar-refractivity contribution in [3.8, 4) is 0 Å². The van der Waals surface area contributed by atoms with Crippen molar-refractivity contribution in [3.63, 3.8) is 0 Å². The summed E-state index contributed by atoms with van der Waals surface area (Å²) in [5, 5.41) is 1.05. The number of nitrogens with zero attached hydrogens (tertiary/aromatic N) is 2. The van der Waals surface area contributed by atoms with Crippen LogP contribution in [0.2, 0.25) is 0 Å². The lowest BCUT2D eigenvalue weighted by atomic mass is 10.3. The van der Waals surface area contributed by atoms with Gasteiger partial charge >= 0.3 is 0 Å². The van der Waals surface area contributed by atoms with Gasteiger partial charge in [-0.2, -0.15) is 0 Å². The first-order valence-corrected chi connectivity index (χ1v) is 5.85. The van der Waals surface area contributed by atoms with Gasteiger partial charge in [-0.3, -0.25) is 0 Å². The van der Waals surface area contributed by atoms with Crippen LogP contribution in [0, 0.1) is 0 Å². The van der Waals surface area contributed by atoms with E-state index in [4.69, 9.17) is 0 Å². The summed E-state index contributed by atoms with van der Waals surface area (Å²) < 4.78 is 2.13. The molecule has 0 fully saturated rings. The van der Waals surface area contributed by atoms with Gasteiger partial charge in [-0.1, -0.05) is 36.0 Å². The minimum Gasteiger partial charge on any atom is -0.322 e. The van der Waals surface area contributed by atoms with Crippen LogP contribution in [0.1, 0.15) is 6.92 Å². The van der Waals surface area contributed by atoms with Crippen LogP contribution >= 0.6 is 11.8 Å². The molecule has 0 atom stereocenters. The zero-order valence-electron chi connectivity index (χ0n) is 9.03. The highest BCUT2D eigenvalue weighted by Gasteiger charge is 2.06. The highest BCUT2D eigenvalue weighted by atomic mass is 32.2. The standard InChI is InChI=1S/C12H14N2S/c1-9(2)8-15-12-13-10-6-4-5-7-11(10)14(12)3/h4-7H,1,8H2,2-3H3. The summed E-state index contributed by atoms with van der Waals surface area (Å²) in [6.07, 6.45) is 0. The van der Waals surface area contributed by atoms with Crippen molar-refractivity contribution >= 4 is 22.8 Å². The van der Waals surface area contributed by atoms with Gasteiger partial charge in [0.15, 0.2) is 5.16 Å². The Morgan fingerprint density at radius 1 is 1.47 bits per heavy atom. The zero-order chi connectivity index (χ0) is 10.8. The summed E-state index contributed by atoms with van der Waals surface area (Å²) in [6, 6.07) is 8.19. The van der Waals surface area contributed by atoms with Crippen LogP contribution in [0.25, 0.3) is 11.0 Å². The van der Waals surface area contributed by atoms with Crippen LogP contribution in [-0.4, -0.2) is 15.3 Å². The van der Waals surface area contributed by atoms with Crippen LogP contribution in [-0.2, 0) is 7.05 Å². The fraction of sp³-hybridized carbons (Fsp3) is 0.250. The fourth-order valence-corrected chi connectivity index (χ4v) is 2.27. The molecule has 2 nitrogen and oxygen atoms in total. The molecule has 0 radical (unpaired) electrons. The highest BCUT2D eigenvalue weighted by Crippen LogP contribution is 2.23. The number of imidazole rings is 1. The summed E-state index contributed by atoms with van der Waals surface area (Å²) >= 11 is 1.73. The van der Waals surface area contributed by atoms with E-state index in [1.807, 2.05) is 25.1 Å². The number of hydrogen-bond acceptors (Lipinski definition) is 2. The van der Waals surface area contributed by atoms with Crippen molar-refractivity contribution in [2.75, 3.05) is 5.75 Å². The van der Waals surface area contributed by atoms with Gasteiger partial charge in [0.1, 0.15) is 0 Å². The van der Waals surface area contributed by atoms with E-state index in [-0.39, 0.29) is 0 Å². The van der Waals surface area contributed by atoms with E-state index in [0.29, 0.717) is 0 Å². The minimum atomic E-state index is 0.928. The lowest BCUT2D eigenvalue weighted by Gasteiger charge is -2.00. The lowest BCUT2D eigenvalue weighted by Crippen LogP contribution is -1.91. The number of hydrogen-bond donors (Lipinski definition) is 0. The highest BCUT2D eigenvalue weighted by molar-refractivity contribution is 7.99. The molecule has 0 saturated heterocycles. The summed E-state index contributed by atoms with van der Waals surface area (Å²) in [7, 11) is 2.05. The Balaban J connectivity index is 2.36. The van der Waals surface area contributed by atoms with E-state index in [1.54, 1.807) is 11.8 Å². The quantitative estimate of drug-likeness (QED) is 0.581. The smallest absolute Gasteiger partial charge is 0.169 e. The molecule has 0 aliphatic rings. The van der Waals surface area contributed by atoms with E-state index in [1.165, 1.54) is 11.1 Å². The first kappa shape index (κ1) is 10.3. The summed E-state index contributed by atoms with van der Waals surface area (Å²) in [6.45, 7) is 5.93. The van der Waals surface area contributed by atoms with E-state index in [2.05, 4.69) is 29.2 Å². The molecule has 0 bridgehead atoms.